The van der Waals surface area contributed by atoms with Crippen molar-refractivity contribution in [3.05, 3.63) is 0 Å². The van der Waals surface area contributed by atoms with Crippen molar-refractivity contribution >= 4 is 6.21 Å². The quantitative estimate of drug-likeness (QED) is 0.107. The number of hydrogen-bond acceptors (Lipinski definition) is 10. The molecular formula is C12H26N2O8. The third-order valence-electron chi connectivity index (χ3n) is 2.52. The number of aliphatic hydroxyl groups is 5. The summed E-state index contributed by atoms with van der Waals surface area (Å²) < 4.78 is 10.2. The summed E-state index contributed by atoms with van der Waals surface area (Å²) in [5.41, 5.74) is 5.23. The van der Waals surface area contributed by atoms with Crippen LogP contribution in [0.3, 0.4) is 0 Å². The van der Waals surface area contributed by atoms with E-state index < -0.39 is 31.0 Å². The average Bonchev–Trinajstić information content (AvgIpc) is 2.54. The molecule has 10 heteroatoms. The molecule has 4 atom stereocenters. The zero-order valence-electron chi connectivity index (χ0n) is 12.3. The minimum absolute atomic E-state index is 0.123. The van der Waals surface area contributed by atoms with E-state index in [1.165, 1.54) is 0 Å². The number of nitrogens with two attached hydrogens (primary N) is 1. The van der Waals surface area contributed by atoms with E-state index >= 15 is 0 Å². The molecule has 7 N–H and O–H groups in total. The Morgan fingerprint density at radius 1 is 0.909 bits per heavy atom. The second kappa shape index (κ2) is 13.8. The summed E-state index contributed by atoms with van der Waals surface area (Å²) in [6.07, 6.45) is -5.66. The summed E-state index contributed by atoms with van der Waals surface area (Å²) in [6, 6.07) is 0. The van der Waals surface area contributed by atoms with Crippen LogP contribution in [0.25, 0.3) is 0 Å². The van der Waals surface area contributed by atoms with Gasteiger partial charge in [-0.25, -0.2) is 0 Å². The van der Waals surface area contributed by atoms with Crippen molar-refractivity contribution in [3.63, 3.8) is 0 Å². The fraction of sp³-hybridized carbons (Fsp3) is 0.917. The number of ether oxygens (including phenoxy) is 2. The highest BCUT2D eigenvalue weighted by Crippen LogP contribution is 2.03. The molecule has 10 nitrogen and oxygen atoms in total. The van der Waals surface area contributed by atoms with Crippen LogP contribution in [0.5, 0.6) is 0 Å². The Labute approximate surface area is 128 Å². The second-order valence-electron chi connectivity index (χ2n) is 4.32. The van der Waals surface area contributed by atoms with Crippen LogP contribution in [-0.2, 0) is 14.3 Å². The highest BCUT2D eigenvalue weighted by atomic mass is 16.6. The van der Waals surface area contributed by atoms with Gasteiger partial charge in [0.05, 0.1) is 39.2 Å². The molecule has 4 unspecified atom stereocenters. The van der Waals surface area contributed by atoms with Crippen molar-refractivity contribution in [2.45, 2.75) is 24.4 Å². The molecule has 0 aromatic heterocycles. The smallest absolute Gasteiger partial charge is 0.140 e. The maximum absolute atomic E-state index is 9.47. The zero-order valence-corrected chi connectivity index (χ0v) is 12.3. The van der Waals surface area contributed by atoms with Crippen molar-refractivity contribution in [1.82, 2.24) is 0 Å². The molecule has 22 heavy (non-hydrogen) atoms. The molecular weight excluding hydrogens is 300 g/mol. The van der Waals surface area contributed by atoms with Gasteiger partial charge in [-0.3, -0.25) is 0 Å². The van der Waals surface area contributed by atoms with E-state index in [2.05, 4.69) is 5.16 Å². The third kappa shape index (κ3) is 9.97. The van der Waals surface area contributed by atoms with Gasteiger partial charge in [-0.1, -0.05) is 5.16 Å². The van der Waals surface area contributed by atoms with Gasteiger partial charge >= 0.3 is 0 Å². The highest BCUT2D eigenvalue weighted by molar-refractivity contribution is 5.62. The summed E-state index contributed by atoms with van der Waals surface area (Å²) in [4.78, 5) is 4.77. The van der Waals surface area contributed by atoms with E-state index in [9.17, 15) is 15.3 Å². The number of rotatable bonds is 14. The van der Waals surface area contributed by atoms with Crippen LogP contribution < -0.4 is 5.73 Å². The first-order valence-electron chi connectivity index (χ1n) is 6.88. The molecule has 132 valence electrons. The van der Waals surface area contributed by atoms with Gasteiger partial charge in [0.1, 0.15) is 31.0 Å². The molecule has 0 amide bonds. The Hall–Kier alpha value is -0.850. The minimum atomic E-state index is -1.71. The molecule has 0 heterocycles. The van der Waals surface area contributed by atoms with Crippen molar-refractivity contribution in [3.8, 4) is 0 Å². The first-order valence-corrected chi connectivity index (χ1v) is 6.88. The van der Waals surface area contributed by atoms with Gasteiger partial charge in [0, 0.05) is 6.54 Å². The summed E-state index contributed by atoms with van der Waals surface area (Å²) >= 11 is 0. The lowest BCUT2D eigenvalue weighted by molar-refractivity contribution is -0.100. The predicted molar refractivity (Wildman–Crippen MR) is 76.2 cm³/mol. The topological polar surface area (TPSA) is 167 Å². The van der Waals surface area contributed by atoms with Gasteiger partial charge in [0.25, 0.3) is 0 Å². The van der Waals surface area contributed by atoms with E-state index in [-0.39, 0.29) is 13.2 Å². The van der Waals surface area contributed by atoms with Gasteiger partial charge in [-0.2, -0.15) is 0 Å². The monoisotopic (exact) mass is 326 g/mol. The Morgan fingerprint density at radius 2 is 1.50 bits per heavy atom. The lowest BCUT2D eigenvalue weighted by Crippen LogP contribution is -2.46. The molecule has 0 saturated carbocycles. The number of hydrogen-bond donors (Lipinski definition) is 6. The molecule has 0 aromatic carbocycles. The summed E-state index contributed by atoms with van der Waals surface area (Å²) in [5.74, 6) is 0. The fourth-order valence-corrected chi connectivity index (χ4v) is 1.29. The Balaban J connectivity index is 3.67. The molecule has 0 rings (SSSR count). The van der Waals surface area contributed by atoms with Gasteiger partial charge in [0.2, 0.25) is 0 Å². The van der Waals surface area contributed by atoms with Crippen LogP contribution in [0.2, 0.25) is 0 Å². The van der Waals surface area contributed by atoms with E-state index in [0.29, 0.717) is 26.4 Å². The molecule has 0 bridgehead atoms. The van der Waals surface area contributed by atoms with Gasteiger partial charge in [0.15, 0.2) is 0 Å². The SMILES string of the molecule is NCCOCCOCCO/N=C/C(O)C(O)C(O)C(O)CO. The lowest BCUT2D eigenvalue weighted by atomic mass is 10.0. The fourth-order valence-electron chi connectivity index (χ4n) is 1.29. The Morgan fingerprint density at radius 3 is 2.09 bits per heavy atom. The maximum Gasteiger partial charge on any atom is 0.140 e. The van der Waals surface area contributed by atoms with E-state index in [1.807, 2.05) is 0 Å². The normalized spacial score (nSPS) is 17.4. The largest absolute Gasteiger partial charge is 0.394 e. The molecule has 0 fully saturated rings. The third-order valence-corrected chi connectivity index (χ3v) is 2.52. The Kier molecular flexibility index (Phi) is 13.3. The average molecular weight is 326 g/mol. The van der Waals surface area contributed by atoms with Gasteiger partial charge in [-0.15, -0.1) is 0 Å². The Bertz CT molecular complexity index is 282. The summed E-state index contributed by atoms with van der Waals surface area (Å²) in [6.45, 7) is 1.38. The van der Waals surface area contributed by atoms with Crippen molar-refractivity contribution < 1.29 is 39.8 Å². The molecule has 0 radical (unpaired) electrons. The van der Waals surface area contributed by atoms with Crippen LogP contribution in [0.1, 0.15) is 0 Å². The zero-order chi connectivity index (χ0) is 16.8. The first-order chi connectivity index (χ1) is 10.5. The number of oxime groups is 1. The lowest BCUT2D eigenvalue weighted by Gasteiger charge is -2.23. The minimum Gasteiger partial charge on any atom is -0.394 e. The van der Waals surface area contributed by atoms with Crippen LogP contribution in [0, 0.1) is 0 Å². The molecule has 0 spiro atoms. The second-order valence-corrected chi connectivity index (χ2v) is 4.32. The van der Waals surface area contributed by atoms with Crippen molar-refractivity contribution in [2.24, 2.45) is 10.9 Å². The number of nitrogens with zero attached hydrogens (tertiary/aromatic N) is 1. The van der Waals surface area contributed by atoms with E-state index in [0.717, 1.165) is 6.21 Å². The van der Waals surface area contributed by atoms with Gasteiger partial charge < -0.3 is 45.6 Å². The number of aliphatic hydroxyl groups excluding tert-OH is 5. The first kappa shape index (κ1) is 21.1. The molecule has 0 aliphatic rings. The van der Waals surface area contributed by atoms with Crippen molar-refractivity contribution in [2.75, 3.05) is 46.2 Å². The summed E-state index contributed by atoms with van der Waals surface area (Å²) in [7, 11) is 0. The predicted octanol–water partition coefficient (Wildman–Crippen LogP) is -3.58. The van der Waals surface area contributed by atoms with Crippen LogP contribution in [0.15, 0.2) is 5.16 Å². The summed E-state index contributed by atoms with van der Waals surface area (Å²) in [5, 5.41) is 49.4. The van der Waals surface area contributed by atoms with E-state index in [1.54, 1.807) is 0 Å². The van der Waals surface area contributed by atoms with E-state index in [4.69, 9.17) is 30.3 Å². The maximum atomic E-state index is 9.47. The highest BCUT2D eigenvalue weighted by Gasteiger charge is 2.29. The van der Waals surface area contributed by atoms with Crippen LogP contribution in [-0.4, -0.2) is 102 Å². The van der Waals surface area contributed by atoms with Gasteiger partial charge in [-0.05, 0) is 0 Å². The molecule has 0 aliphatic heterocycles. The molecule has 0 aromatic rings. The standard InChI is InChI=1S/C12H26N2O8/c13-1-2-20-3-4-21-5-6-22-14-7-9(16)11(18)12(19)10(17)8-15/h7,9-12,15-19H,1-6,8,13H2/b14-7+. The molecule has 0 saturated heterocycles. The van der Waals surface area contributed by atoms with Crippen LogP contribution in [0.4, 0.5) is 0 Å². The van der Waals surface area contributed by atoms with Crippen molar-refractivity contribution in [1.29, 1.82) is 0 Å². The molecule has 0 aliphatic carbocycles. The van der Waals surface area contributed by atoms with Crippen LogP contribution >= 0.6 is 0 Å².